The highest BCUT2D eigenvalue weighted by Gasteiger charge is 2.13. The first-order valence-electron chi connectivity index (χ1n) is 4.61. The van der Waals surface area contributed by atoms with E-state index in [0.29, 0.717) is 5.56 Å². The summed E-state index contributed by atoms with van der Waals surface area (Å²) in [6.07, 6.45) is 1.79. The fourth-order valence-corrected chi connectivity index (χ4v) is 1.60. The largest absolute Gasteiger partial charge is 0.361 e. The summed E-state index contributed by atoms with van der Waals surface area (Å²) in [5.74, 6) is 5.22. The Balaban J connectivity index is 2.68. The van der Waals surface area contributed by atoms with E-state index in [1.165, 1.54) is 0 Å². The predicted octanol–water partition coefficient (Wildman–Crippen LogP) is 1.37. The summed E-state index contributed by atoms with van der Waals surface area (Å²) < 4.78 is 0. The van der Waals surface area contributed by atoms with E-state index in [0.717, 1.165) is 10.9 Å². The van der Waals surface area contributed by atoms with Crippen molar-refractivity contribution in [1.29, 1.82) is 10.7 Å². The molecule has 0 fully saturated rings. The van der Waals surface area contributed by atoms with Gasteiger partial charge in [0.15, 0.2) is 5.71 Å². The fraction of sp³-hybridized carbons (Fsp3) is 0. The van der Waals surface area contributed by atoms with Gasteiger partial charge in [0.25, 0.3) is 0 Å². The summed E-state index contributed by atoms with van der Waals surface area (Å²) in [5, 5.41) is 20.7. The second-order valence-electron chi connectivity index (χ2n) is 3.21. The van der Waals surface area contributed by atoms with Crippen molar-refractivity contribution in [2.24, 2.45) is 10.9 Å². The van der Waals surface area contributed by atoms with Crippen LogP contribution in [0.5, 0.6) is 0 Å². The number of aromatic nitrogens is 1. The molecule has 78 valence electrons. The molecule has 0 saturated carbocycles. The van der Waals surface area contributed by atoms with Gasteiger partial charge in [-0.15, -0.1) is 0 Å². The summed E-state index contributed by atoms with van der Waals surface area (Å²) in [5.41, 5.74) is 1.43. The van der Waals surface area contributed by atoms with Gasteiger partial charge in [-0.2, -0.15) is 10.4 Å². The van der Waals surface area contributed by atoms with Gasteiger partial charge < -0.3 is 10.8 Å². The lowest BCUT2D eigenvalue weighted by atomic mass is 10.0. The van der Waals surface area contributed by atoms with Crippen LogP contribution in [0, 0.1) is 16.7 Å². The molecule has 0 bridgehead atoms. The van der Waals surface area contributed by atoms with E-state index < -0.39 is 0 Å². The predicted molar refractivity (Wildman–Crippen MR) is 62.4 cm³/mol. The monoisotopic (exact) mass is 211 g/mol. The number of nitrogens with two attached hydrogens (primary N) is 1. The molecule has 5 heteroatoms. The van der Waals surface area contributed by atoms with Crippen LogP contribution in [0.4, 0.5) is 0 Å². The Kier molecular flexibility index (Phi) is 2.40. The Bertz CT molecular complexity index is 615. The van der Waals surface area contributed by atoms with Gasteiger partial charge in [-0.25, -0.2) is 0 Å². The molecule has 0 radical (unpaired) electrons. The molecule has 0 atom stereocenters. The number of nitrogens with one attached hydrogen (secondary N) is 2. The highest BCUT2D eigenvalue weighted by molar-refractivity contribution is 6.53. The van der Waals surface area contributed by atoms with E-state index in [2.05, 4.69) is 10.1 Å². The Morgan fingerprint density at radius 3 is 2.94 bits per heavy atom. The maximum atomic E-state index is 8.70. The van der Waals surface area contributed by atoms with Crippen LogP contribution in [0.2, 0.25) is 0 Å². The first kappa shape index (κ1) is 9.93. The van der Waals surface area contributed by atoms with E-state index in [9.17, 15) is 0 Å². The lowest BCUT2D eigenvalue weighted by Crippen LogP contribution is -2.15. The molecule has 2 rings (SSSR count). The minimum atomic E-state index is -0.246. The maximum absolute atomic E-state index is 8.70. The third kappa shape index (κ3) is 1.42. The number of H-pyrrole nitrogens is 1. The summed E-state index contributed by atoms with van der Waals surface area (Å²) in [6.45, 7) is 0. The van der Waals surface area contributed by atoms with Crippen molar-refractivity contribution >= 4 is 22.3 Å². The molecule has 0 aliphatic carbocycles. The average molecular weight is 211 g/mol. The number of benzene rings is 1. The van der Waals surface area contributed by atoms with Crippen molar-refractivity contribution in [3.05, 3.63) is 36.0 Å². The lowest BCUT2D eigenvalue weighted by molar-refractivity contribution is 1.25. The molecule has 0 spiro atoms. The van der Waals surface area contributed by atoms with Gasteiger partial charge in [-0.05, 0) is 6.07 Å². The molecule has 0 unspecified atom stereocenters. The molecule has 16 heavy (non-hydrogen) atoms. The Morgan fingerprint density at radius 2 is 2.25 bits per heavy atom. The fourth-order valence-electron chi connectivity index (χ4n) is 1.60. The zero-order valence-electron chi connectivity index (χ0n) is 8.36. The quantitative estimate of drug-likeness (QED) is 0.397. The van der Waals surface area contributed by atoms with Crippen LogP contribution in [0.25, 0.3) is 10.9 Å². The van der Waals surface area contributed by atoms with Crippen LogP contribution in [0.3, 0.4) is 0 Å². The average Bonchev–Trinajstić information content (AvgIpc) is 2.78. The van der Waals surface area contributed by atoms with Crippen LogP contribution in [-0.4, -0.2) is 16.4 Å². The standard InChI is InChI=1S/C11H9N5/c12-6-9(13)11(16-14)8-3-1-2-7-4-5-15-10(7)8/h1-5,13,15H,14H2. The zero-order chi connectivity index (χ0) is 11.5. The topological polar surface area (TPSA) is 102 Å². The van der Waals surface area contributed by atoms with Gasteiger partial charge >= 0.3 is 0 Å². The van der Waals surface area contributed by atoms with Crippen LogP contribution in [-0.2, 0) is 0 Å². The van der Waals surface area contributed by atoms with Crippen molar-refractivity contribution in [1.82, 2.24) is 4.98 Å². The molecular weight excluding hydrogens is 202 g/mol. The van der Waals surface area contributed by atoms with Crippen LogP contribution in [0.15, 0.2) is 35.6 Å². The molecule has 2 aromatic rings. The number of hydrogen-bond donors (Lipinski definition) is 3. The highest BCUT2D eigenvalue weighted by Crippen LogP contribution is 2.17. The molecule has 5 nitrogen and oxygen atoms in total. The first-order chi connectivity index (χ1) is 7.77. The third-order valence-electron chi connectivity index (χ3n) is 2.32. The Morgan fingerprint density at radius 1 is 1.44 bits per heavy atom. The van der Waals surface area contributed by atoms with E-state index in [1.54, 1.807) is 18.3 Å². The number of hydrazone groups is 1. The Hall–Kier alpha value is -2.61. The number of fused-ring (bicyclic) bond motifs is 1. The van der Waals surface area contributed by atoms with Crippen LogP contribution in [0.1, 0.15) is 5.56 Å². The Labute approximate surface area is 91.7 Å². The normalized spacial score (nSPS) is 11.3. The summed E-state index contributed by atoms with van der Waals surface area (Å²) >= 11 is 0. The summed E-state index contributed by atoms with van der Waals surface area (Å²) in [7, 11) is 0. The van der Waals surface area contributed by atoms with Crippen LogP contribution < -0.4 is 5.84 Å². The van der Waals surface area contributed by atoms with Gasteiger partial charge in [0.2, 0.25) is 0 Å². The van der Waals surface area contributed by atoms with E-state index in [1.807, 2.05) is 18.2 Å². The molecule has 1 heterocycles. The van der Waals surface area contributed by atoms with Crippen LogP contribution >= 0.6 is 0 Å². The molecular formula is C11H9N5. The molecule has 4 N–H and O–H groups in total. The lowest BCUT2D eigenvalue weighted by Gasteiger charge is -2.03. The van der Waals surface area contributed by atoms with Gasteiger partial charge in [0.05, 0.1) is 5.52 Å². The number of rotatable bonds is 2. The van der Waals surface area contributed by atoms with Gasteiger partial charge in [0.1, 0.15) is 11.8 Å². The summed E-state index contributed by atoms with van der Waals surface area (Å²) in [6, 6.07) is 9.17. The smallest absolute Gasteiger partial charge is 0.160 e. The van der Waals surface area contributed by atoms with Crippen molar-refractivity contribution in [3.8, 4) is 6.07 Å². The number of nitrogens with zero attached hydrogens (tertiary/aromatic N) is 2. The third-order valence-corrected chi connectivity index (χ3v) is 2.32. The molecule has 0 amide bonds. The van der Waals surface area contributed by atoms with Crippen molar-refractivity contribution in [2.75, 3.05) is 0 Å². The molecule has 1 aromatic carbocycles. The van der Waals surface area contributed by atoms with E-state index >= 15 is 0 Å². The van der Waals surface area contributed by atoms with Crippen molar-refractivity contribution in [3.63, 3.8) is 0 Å². The van der Waals surface area contributed by atoms with Crippen molar-refractivity contribution < 1.29 is 0 Å². The molecule has 0 aliphatic heterocycles. The van der Waals surface area contributed by atoms with Gasteiger partial charge in [-0.1, -0.05) is 18.2 Å². The maximum Gasteiger partial charge on any atom is 0.160 e. The SMILES string of the molecule is N#CC(=N)C(=NN)c1cccc2cc[nH]c12. The number of para-hydroxylation sites is 1. The number of hydrogen-bond acceptors (Lipinski definition) is 4. The van der Waals surface area contributed by atoms with Gasteiger partial charge in [-0.3, -0.25) is 5.41 Å². The summed E-state index contributed by atoms with van der Waals surface area (Å²) in [4.78, 5) is 3.04. The van der Waals surface area contributed by atoms with E-state index in [-0.39, 0.29) is 11.4 Å². The minimum absolute atomic E-state index is 0.190. The molecule has 0 saturated heterocycles. The van der Waals surface area contributed by atoms with E-state index in [4.69, 9.17) is 16.5 Å². The minimum Gasteiger partial charge on any atom is -0.361 e. The second-order valence-corrected chi connectivity index (χ2v) is 3.21. The zero-order valence-corrected chi connectivity index (χ0v) is 8.36. The second kappa shape index (κ2) is 3.87. The number of nitriles is 1. The van der Waals surface area contributed by atoms with Gasteiger partial charge in [0, 0.05) is 17.1 Å². The molecule has 1 aromatic heterocycles. The number of aromatic amines is 1. The molecule has 0 aliphatic rings. The van der Waals surface area contributed by atoms with Crippen molar-refractivity contribution in [2.45, 2.75) is 0 Å². The highest BCUT2D eigenvalue weighted by atomic mass is 15.1. The first-order valence-corrected chi connectivity index (χ1v) is 4.61.